The van der Waals surface area contributed by atoms with Crippen LogP contribution in [-0.2, 0) is 4.79 Å². The Balaban J connectivity index is 2.72. The Bertz CT molecular complexity index is 466. The Hall–Kier alpha value is -1.86. The second kappa shape index (κ2) is 6.18. The molecule has 0 saturated carbocycles. The predicted molar refractivity (Wildman–Crippen MR) is 65.6 cm³/mol. The van der Waals surface area contributed by atoms with Crippen LogP contribution in [0.2, 0.25) is 5.02 Å². The maximum atomic E-state index is 10.9. The highest BCUT2D eigenvalue weighted by molar-refractivity contribution is 6.32. The number of rotatable bonds is 6. The second-order valence-electron chi connectivity index (χ2n) is 3.42. The molecule has 8 heteroatoms. The monoisotopic (exact) mass is 273 g/mol. The third-order valence-corrected chi connectivity index (χ3v) is 2.53. The van der Waals surface area contributed by atoms with Gasteiger partial charge in [-0.2, -0.15) is 0 Å². The van der Waals surface area contributed by atoms with E-state index >= 15 is 0 Å². The number of halogens is 1. The molecule has 1 unspecified atom stereocenters. The molecule has 0 radical (unpaired) electrons. The van der Waals surface area contributed by atoms with Gasteiger partial charge in [-0.1, -0.05) is 11.6 Å². The molecule has 0 bridgehead atoms. The number of amides is 1. The molecule has 0 heterocycles. The van der Waals surface area contributed by atoms with Crippen LogP contribution in [0.4, 0.5) is 5.69 Å². The summed E-state index contributed by atoms with van der Waals surface area (Å²) in [4.78, 5) is 20.9. The number of hydrogen-bond donors (Lipinski definition) is 2. The van der Waals surface area contributed by atoms with E-state index in [4.69, 9.17) is 22.1 Å². The predicted octanol–water partition coefficient (Wildman–Crippen LogP) is 0.700. The van der Waals surface area contributed by atoms with Crippen molar-refractivity contribution in [2.75, 3.05) is 13.7 Å². The molecular weight excluding hydrogens is 262 g/mol. The summed E-state index contributed by atoms with van der Waals surface area (Å²) in [7, 11) is 1.57. The van der Waals surface area contributed by atoms with E-state index in [1.54, 1.807) is 7.05 Å². The zero-order chi connectivity index (χ0) is 13.7. The average molecular weight is 274 g/mol. The normalized spacial score (nSPS) is 11.9. The van der Waals surface area contributed by atoms with Gasteiger partial charge in [0.2, 0.25) is 5.91 Å². The summed E-state index contributed by atoms with van der Waals surface area (Å²) < 4.78 is 5.27. The Kier molecular flexibility index (Phi) is 4.87. The highest BCUT2D eigenvalue weighted by atomic mass is 35.5. The number of primary amides is 1. The van der Waals surface area contributed by atoms with Gasteiger partial charge in [-0.3, -0.25) is 14.9 Å². The van der Waals surface area contributed by atoms with Crippen LogP contribution in [0.3, 0.4) is 0 Å². The minimum Gasteiger partial charge on any atom is -0.491 e. The standard InChI is InChI=1S/C10H12ClN3O4/c1-13-8(10(12)15)5-18-6-2-3-9(14(16)17)7(11)4-6/h2-4,8,13H,5H2,1H3,(H2,12,15). The number of nitrogens with two attached hydrogens (primary N) is 1. The van der Waals surface area contributed by atoms with E-state index in [-0.39, 0.29) is 17.3 Å². The van der Waals surface area contributed by atoms with Crippen molar-refractivity contribution in [2.24, 2.45) is 5.73 Å². The fourth-order valence-corrected chi connectivity index (χ4v) is 1.45. The number of nitro benzene ring substituents is 1. The van der Waals surface area contributed by atoms with Crippen molar-refractivity contribution >= 4 is 23.2 Å². The Morgan fingerprint density at radius 3 is 2.78 bits per heavy atom. The Morgan fingerprint density at radius 2 is 2.33 bits per heavy atom. The zero-order valence-electron chi connectivity index (χ0n) is 9.55. The van der Waals surface area contributed by atoms with Crippen LogP contribution >= 0.6 is 11.6 Å². The van der Waals surface area contributed by atoms with Gasteiger partial charge in [-0.05, 0) is 13.1 Å². The number of nitro groups is 1. The molecule has 0 aliphatic carbocycles. The number of ether oxygens (including phenoxy) is 1. The first-order chi connectivity index (χ1) is 8.45. The molecule has 1 amide bonds. The topological polar surface area (TPSA) is 107 Å². The quantitative estimate of drug-likeness (QED) is 0.586. The minimum absolute atomic E-state index is 0.0139. The molecule has 1 aromatic carbocycles. The number of benzene rings is 1. The molecule has 1 atom stereocenters. The zero-order valence-corrected chi connectivity index (χ0v) is 10.3. The number of likely N-dealkylation sites (N-methyl/N-ethyl adjacent to an activating group) is 1. The van der Waals surface area contributed by atoms with E-state index in [1.165, 1.54) is 18.2 Å². The number of hydrogen-bond acceptors (Lipinski definition) is 5. The lowest BCUT2D eigenvalue weighted by Crippen LogP contribution is -2.43. The van der Waals surface area contributed by atoms with Gasteiger partial charge in [0.25, 0.3) is 5.69 Å². The van der Waals surface area contributed by atoms with Gasteiger partial charge in [0.1, 0.15) is 23.4 Å². The summed E-state index contributed by atoms with van der Waals surface area (Å²) >= 11 is 5.71. The maximum absolute atomic E-state index is 10.9. The van der Waals surface area contributed by atoms with Crippen molar-refractivity contribution < 1.29 is 14.5 Å². The van der Waals surface area contributed by atoms with Crippen molar-refractivity contribution in [1.82, 2.24) is 5.32 Å². The van der Waals surface area contributed by atoms with E-state index in [9.17, 15) is 14.9 Å². The molecule has 0 aliphatic heterocycles. The van der Waals surface area contributed by atoms with Crippen molar-refractivity contribution in [3.63, 3.8) is 0 Å². The smallest absolute Gasteiger partial charge is 0.288 e. The molecule has 0 aromatic heterocycles. The number of nitrogens with one attached hydrogen (secondary N) is 1. The molecule has 0 saturated heterocycles. The molecular formula is C10H12ClN3O4. The lowest BCUT2D eigenvalue weighted by Gasteiger charge is -2.13. The lowest BCUT2D eigenvalue weighted by atomic mass is 10.3. The summed E-state index contributed by atoms with van der Waals surface area (Å²) in [5, 5.41) is 13.2. The first-order valence-corrected chi connectivity index (χ1v) is 5.36. The second-order valence-corrected chi connectivity index (χ2v) is 3.83. The van der Waals surface area contributed by atoms with Gasteiger partial charge in [-0.25, -0.2) is 0 Å². The maximum Gasteiger partial charge on any atom is 0.288 e. The number of carbonyl (C=O) groups excluding carboxylic acids is 1. The van der Waals surface area contributed by atoms with Crippen LogP contribution in [0.5, 0.6) is 5.75 Å². The molecule has 1 aromatic rings. The van der Waals surface area contributed by atoms with Crippen molar-refractivity contribution in [3.8, 4) is 5.75 Å². The van der Waals surface area contributed by atoms with E-state index in [0.717, 1.165) is 0 Å². The Morgan fingerprint density at radius 1 is 1.67 bits per heavy atom. The first-order valence-electron chi connectivity index (χ1n) is 4.99. The lowest BCUT2D eigenvalue weighted by molar-refractivity contribution is -0.384. The largest absolute Gasteiger partial charge is 0.491 e. The fourth-order valence-electron chi connectivity index (χ4n) is 1.21. The van der Waals surface area contributed by atoms with Crippen molar-refractivity contribution in [3.05, 3.63) is 33.3 Å². The van der Waals surface area contributed by atoms with Gasteiger partial charge in [-0.15, -0.1) is 0 Å². The van der Waals surface area contributed by atoms with Crippen molar-refractivity contribution in [1.29, 1.82) is 0 Å². The van der Waals surface area contributed by atoms with Gasteiger partial charge in [0, 0.05) is 12.1 Å². The summed E-state index contributed by atoms with van der Waals surface area (Å²) in [5.41, 5.74) is 4.90. The van der Waals surface area contributed by atoms with Crippen LogP contribution in [0, 0.1) is 10.1 Å². The SMILES string of the molecule is CNC(COc1ccc([N+](=O)[O-])c(Cl)c1)C(N)=O. The van der Waals surface area contributed by atoms with Gasteiger partial charge in [0.15, 0.2) is 0 Å². The molecule has 0 aliphatic rings. The first kappa shape index (κ1) is 14.2. The van der Waals surface area contributed by atoms with E-state index in [0.29, 0.717) is 5.75 Å². The summed E-state index contributed by atoms with van der Waals surface area (Å²) in [6, 6.07) is 3.31. The van der Waals surface area contributed by atoms with E-state index in [2.05, 4.69) is 5.32 Å². The van der Waals surface area contributed by atoms with E-state index < -0.39 is 16.9 Å². The summed E-state index contributed by atoms with van der Waals surface area (Å²) in [5.74, 6) is -0.224. The minimum atomic E-state index is -0.640. The summed E-state index contributed by atoms with van der Waals surface area (Å²) in [6.07, 6.45) is 0. The molecule has 0 spiro atoms. The van der Waals surface area contributed by atoms with Crippen LogP contribution in [0.25, 0.3) is 0 Å². The number of nitrogens with zero attached hydrogens (tertiary/aromatic N) is 1. The van der Waals surface area contributed by atoms with Gasteiger partial charge in [0.05, 0.1) is 4.92 Å². The fraction of sp³-hybridized carbons (Fsp3) is 0.300. The Labute approximate surface area is 108 Å². The molecule has 7 nitrogen and oxygen atoms in total. The molecule has 98 valence electrons. The van der Waals surface area contributed by atoms with E-state index in [1.807, 2.05) is 0 Å². The highest BCUT2D eigenvalue weighted by Crippen LogP contribution is 2.28. The van der Waals surface area contributed by atoms with Gasteiger partial charge >= 0.3 is 0 Å². The van der Waals surface area contributed by atoms with Crippen LogP contribution < -0.4 is 15.8 Å². The van der Waals surface area contributed by atoms with Crippen LogP contribution in [0.15, 0.2) is 18.2 Å². The highest BCUT2D eigenvalue weighted by Gasteiger charge is 2.15. The average Bonchev–Trinajstić information content (AvgIpc) is 2.28. The summed E-state index contributed by atoms with van der Waals surface area (Å²) in [6.45, 7) is 0.0139. The third-order valence-electron chi connectivity index (χ3n) is 2.22. The van der Waals surface area contributed by atoms with Crippen molar-refractivity contribution in [2.45, 2.75) is 6.04 Å². The van der Waals surface area contributed by atoms with Crippen LogP contribution in [-0.4, -0.2) is 30.5 Å². The third kappa shape index (κ3) is 3.57. The van der Waals surface area contributed by atoms with Gasteiger partial charge < -0.3 is 15.8 Å². The molecule has 3 N–H and O–H groups in total. The molecule has 1 rings (SSSR count). The molecule has 0 fully saturated rings. The molecule has 18 heavy (non-hydrogen) atoms. The number of carbonyl (C=O) groups is 1. The van der Waals surface area contributed by atoms with Crippen LogP contribution in [0.1, 0.15) is 0 Å².